The predicted molar refractivity (Wildman–Crippen MR) is 112 cm³/mol. The number of nitrogens with two attached hydrogens (primary N) is 1. The lowest BCUT2D eigenvalue weighted by Crippen LogP contribution is -2.25. The van der Waals surface area contributed by atoms with Crippen LogP contribution in [0.1, 0.15) is 24.3 Å². The number of fused-ring (bicyclic) bond motifs is 1. The molecule has 0 saturated carbocycles. The molecule has 2 aromatic carbocycles. The van der Waals surface area contributed by atoms with Crippen molar-refractivity contribution in [2.24, 2.45) is 5.73 Å². The summed E-state index contributed by atoms with van der Waals surface area (Å²) in [4.78, 5) is 32.0. The molecule has 3 rings (SSSR count). The van der Waals surface area contributed by atoms with Gasteiger partial charge < -0.3 is 15.8 Å². The third-order valence-corrected chi connectivity index (χ3v) is 4.96. The van der Waals surface area contributed by atoms with Crippen LogP contribution in [0.25, 0.3) is 10.9 Å². The van der Waals surface area contributed by atoms with Gasteiger partial charge in [-0.15, -0.1) is 0 Å². The number of primary amides is 1. The molecule has 0 bridgehead atoms. The summed E-state index contributed by atoms with van der Waals surface area (Å²) in [7, 11) is 1.43. The molecule has 0 aliphatic carbocycles. The van der Waals surface area contributed by atoms with Crippen LogP contribution < -0.4 is 21.3 Å². The smallest absolute Gasteiger partial charge is 0.243 e. The van der Waals surface area contributed by atoms with Crippen molar-refractivity contribution in [2.75, 3.05) is 12.4 Å². The van der Waals surface area contributed by atoms with Gasteiger partial charge in [0.1, 0.15) is 23.7 Å². The second kappa shape index (κ2) is 9.54. The summed E-state index contributed by atoms with van der Waals surface area (Å²) in [5, 5.41) is 12.2. The van der Waals surface area contributed by atoms with Gasteiger partial charge in [0, 0.05) is 29.1 Å². The highest BCUT2D eigenvalue weighted by Crippen LogP contribution is 2.36. The van der Waals surface area contributed by atoms with E-state index in [1.807, 2.05) is 0 Å². The molecule has 0 spiro atoms. The molecule has 1 heterocycles. The molecule has 1 unspecified atom stereocenters. The maximum Gasteiger partial charge on any atom is 0.243 e. The van der Waals surface area contributed by atoms with Crippen LogP contribution in [0.2, 0.25) is 5.02 Å². The summed E-state index contributed by atoms with van der Waals surface area (Å²) in [6, 6.07) is 7.40. The molecular weight excluding hydrogens is 429 g/mol. The van der Waals surface area contributed by atoms with E-state index in [9.17, 15) is 14.0 Å². The molecule has 11 heteroatoms. The number of carbonyl (C=O) groups is 2. The monoisotopic (exact) mass is 447 g/mol. The number of halogens is 2. The Hall–Kier alpha value is -3.50. The van der Waals surface area contributed by atoms with Crippen molar-refractivity contribution in [3.05, 3.63) is 53.1 Å². The van der Waals surface area contributed by atoms with Gasteiger partial charge in [-0.1, -0.05) is 11.6 Å². The number of nitrogens with one attached hydrogen (secondary N) is 2. The van der Waals surface area contributed by atoms with E-state index in [4.69, 9.17) is 27.3 Å². The van der Waals surface area contributed by atoms with Crippen molar-refractivity contribution < 1.29 is 23.9 Å². The van der Waals surface area contributed by atoms with Gasteiger partial charge in [-0.05, 0) is 30.7 Å². The van der Waals surface area contributed by atoms with Gasteiger partial charge >= 0.3 is 0 Å². The molecule has 162 valence electrons. The second-order valence-corrected chi connectivity index (χ2v) is 7.02. The topological polar surface area (TPSA) is 139 Å². The number of hydroxylamine groups is 1. The first-order valence-corrected chi connectivity index (χ1v) is 9.48. The van der Waals surface area contributed by atoms with Gasteiger partial charge in [-0.2, -0.15) is 0 Å². The van der Waals surface area contributed by atoms with Crippen LogP contribution in [0.3, 0.4) is 0 Å². The third-order valence-electron chi connectivity index (χ3n) is 4.67. The lowest BCUT2D eigenvalue weighted by atomic mass is 9.91. The zero-order chi connectivity index (χ0) is 22.5. The van der Waals surface area contributed by atoms with Crippen molar-refractivity contribution in [3.63, 3.8) is 0 Å². The Kier molecular flexibility index (Phi) is 6.83. The van der Waals surface area contributed by atoms with Crippen molar-refractivity contribution in [3.8, 4) is 5.75 Å². The third kappa shape index (κ3) is 4.98. The van der Waals surface area contributed by atoms with E-state index < -0.39 is 23.5 Å². The minimum atomic E-state index is -0.870. The highest BCUT2D eigenvalue weighted by atomic mass is 35.5. The molecule has 0 fully saturated rings. The van der Waals surface area contributed by atoms with Crippen LogP contribution in [-0.4, -0.2) is 34.1 Å². The lowest BCUT2D eigenvalue weighted by Gasteiger charge is -2.18. The molecule has 5 N–H and O–H groups in total. The van der Waals surface area contributed by atoms with Crippen molar-refractivity contribution in [1.29, 1.82) is 0 Å². The summed E-state index contributed by atoms with van der Waals surface area (Å²) < 4.78 is 18.9. The van der Waals surface area contributed by atoms with Crippen LogP contribution in [0.5, 0.6) is 5.75 Å². The highest BCUT2D eigenvalue weighted by molar-refractivity contribution is 6.31. The van der Waals surface area contributed by atoms with Gasteiger partial charge in [0.25, 0.3) is 0 Å². The van der Waals surface area contributed by atoms with E-state index in [1.54, 1.807) is 12.1 Å². The molecule has 0 aliphatic rings. The fourth-order valence-electron chi connectivity index (χ4n) is 3.14. The Morgan fingerprint density at radius 3 is 2.71 bits per heavy atom. The zero-order valence-corrected chi connectivity index (χ0v) is 17.1. The molecule has 3 aromatic rings. The Bertz CT molecular complexity index is 1140. The second-order valence-electron chi connectivity index (χ2n) is 6.62. The summed E-state index contributed by atoms with van der Waals surface area (Å²) in [6.07, 6.45) is 1.26. The van der Waals surface area contributed by atoms with Crippen molar-refractivity contribution in [2.45, 2.75) is 18.8 Å². The van der Waals surface area contributed by atoms with Crippen LogP contribution in [0.15, 0.2) is 36.7 Å². The Morgan fingerprint density at radius 2 is 2.06 bits per heavy atom. The molecule has 9 nitrogen and oxygen atoms in total. The Balaban J connectivity index is 2.07. The van der Waals surface area contributed by atoms with Crippen LogP contribution in [0.4, 0.5) is 15.9 Å². The number of nitrogens with zero attached hydrogens (tertiary/aromatic N) is 2. The summed E-state index contributed by atoms with van der Waals surface area (Å²) in [5.41, 5.74) is 8.54. The average molecular weight is 448 g/mol. The van der Waals surface area contributed by atoms with Crippen molar-refractivity contribution in [1.82, 2.24) is 15.4 Å². The molecule has 31 heavy (non-hydrogen) atoms. The maximum atomic E-state index is 13.5. The first-order chi connectivity index (χ1) is 14.8. The number of hydrogen-bond donors (Lipinski definition) is 4. The quantitative estimate of drug-likeness (QED) is 0.307. The largest absolute Gasteiger partial charge is 0.496 e. The SMILES string of the molecule is COc1cc2ncnc(Nc3ccc(F)c(Cl)c3)c2cc1C(CCC(=O)NO)C(N)=O. The van der Waals surface area contributed by atoms with E-state index in [0.29, 0.717) is 33.7 Å². The molecule has 0 aliphatic heterocycles. The summed E-state index contributed by atoms with van der Waals surface area (Å²) in [5.74, 6) is -2.00. The Labute approximate surface area is 181 Å². The number of benzene rings is 2. The molecule has 0 saturated heterocycles. The predicted octanol–water partition coefficient (Wildman–Crippen LogP) is 3.03. The average Bonchev–Trinajstić information content (AvgIpc) is 2.75. The van der Waals surface area contributed by atoms with Gasteiger partial charge in [0.05, 0.1) is 23.6 Å². The number of amides is 2. The molecular formula is C20H19ClFN5O4. The number of rotatable bonds is 8. The van der Waals surface area contributed by atoms with Crippen LogP contribution in [-0.2, 0) is 9.59 Å². The Morgan fingerprint density at radius 1 is 1.29 bits per heavy atom. The van der Waals surface area contributed by atoms with Gasteiger partial charge in [0.15, 0.2) is 0 Å². The number of methoxy groups -OCH3 is 1. The standard InChI is InChI=1S/C20H19ClFN5O4/c1-31-17-8-16-13(7-12(17)11(19(23)29)3-5-18(28)27-30)20(25-9-24-16)26-10-2-4-15(22)14(21)6-10/h2,4,6-9,11,30H,3,5H2,1H3,(H2,23,29)(H,27,28)(H,24,25,26). The lowest BCUT2D eigenvalue weighted by molar-refractivity contribution is -0.129. The van der Waals surface area contributed by atoms with Crippen molar-refractivity contribution >= 4 is 45.8 Å². The van der Waals surface area contributed by atoms with E-state index in [-0.39, 0.29) is 17.9 Å². The first kappa shape index (κ1) is 22.2. The van der Waals surface area contributed by atoms with Gasteiger partial charge in [-0.25, -0.2) is 19.8 Å². The first-order valence-electron chi connectivity index (χ1n) is 9.11. The van der Waals surface area contributed by atoms with Gasteiger partial charge in [0.2, 0.25) is 11.8 Å². The number of aromatic nitrogens is 2. The van der Waals surface area contributed by atoms with Crippen LogP contribution >= 0.6 is 11.6 Å². The summed E-state index contributed by atoms with van der Waals surface area (Å²) >= 11 is 5.85. The maximum absolute atomic E-state index is 13.5. The molecule has 1 aromatic heterocycles. The number of carbonyl (C=O) groups excluding carboxylic acids is 2. The minimum absolute atomic E-state index is 0.0492. The molecule has 0 radical (unpaired) electrons. The summed E-state index contributed by atoms with van der Waals surface area (Å²) in [6.45, 7) is 0. The highest BCUT2D eigenvalue weighted by Gasteiger charge is 2.24. The number of hydrogen-bond acceptors (Lipinski definition) is 7. The fourth-order valence-corrected chi connectivity index (χ4v) is 3.32. The van der Waals surface area contributed by atoms with E-state index >= 15 is 0 Å². The van der Waals surface area contributed by atoms with E-state index in [1.165, 1.54) is 37.1 Å². The molecule has 1 atom stereocenters. The van der Waals surface area contributed by atoms with E-state index in [0.717, 1.165) is 0 Å². The van der Waals surface area contributed by atoms with E-state index in [2.05, 4.69) is 15.3 Å². The van der Waals surface area contributed by atoms with Gasteiger partial charge in [-0.3, -0.25) is 14.8 Å². The minimum Gasteiger partial charge on any atom is -0.496 e. The fraction of sp³-hybridized carbons (Fsp3) is 0.200. The number of anilines is 2. The zero-order valence-electron chi connectivity index (χ0n) is 16.4. The van der Waals surface area contributed by atoms with Crippen LogP contribution in [0, 0.1) is 5.82 Å². The number of ether oxygens (including phenoxy) is 1. The molecule has 2 amide bonds. The normalized spacial score (nSPS) is 11.7.